The zero-order valence-corrected chi connectivity index (χ0v) is 13.4. The van der Waals surface area contributed by atoms with E-state index in [-0.39, 0.29) is 27.7 Å². The number of pyridine rings is 1. The molecule has 0 spiro atoms. The first kappa shape index (κ1) is 16.1. The average molecular weight is 366 g/mol. The summed E-state index contributed by atoms with van der Waals surface area (Å²) in [6.07, 6.45) is 0. The molecule has 0 saturated heterocycles. The van der Waals surface area contributed by atoms with Gasteiger partial charge in [-0.3, -0.25) is 14.6 Å². The highest BCUT2D eigenvalue weighted by atomic mass is 35.5. The van der Waals surface area contributed by atoms with Crippen LogP contribution in [0.4, 0.5) is 10.5 Å². The maximum Gasteiger partial charge on any atom is 0.316 e. The zero-order chi connectivity index (χ0) is 17.4. The third-order valence-electron chi connectivity index (χ3n) is 3.21. The molecule has 122 valence electrons. The van der Waals surface area contributed by atoms with Crippen LogP contribution in [0.2, 0.25) is 10.0 Å². The van der Waals surface area contributed by atoms with Crippen molar-refractivity contribution in [3.63, 3.8) is 0 Å². The van der Waals surface area contributed by atoms with Gasteiger partial charge in [0.05, 0.1) is 10.4 Å². The molecule has 3 rings (SSSR count). The van der Waals surface area contributed by atoms with Gasteiger partial charge in [-0.05, 0) is 24.3 Å². The minimum Gasteiger partial charge on any atom is -0.434 e. The van der Waals surface area contributed by atoms with Gasteiger partial charge in [-0.25, -0.2) is 4.79 Å². The summed E-state index contributed by atoms with van der Waals surface area (Å²) in [6.45, 7) is 0. The SMILES string of the molecule is NC(=O)Nc1c(C(=O)c2ccc(Cl)cc2Cl)oc2[nH]c(=O)ccc12. The Morgan fingerprint density at radius 1 is 1.17 bits per heavy atom. The Labute approximate surface area is 144 Å². The molecule has 0 saturated carbocycles. The van der Waals surface area contributed by atoms with E-state index in [0.29, 0.717) is 10.4 Å². The lowest BCUT2D eigenvalue weighted by Gasteiger charge is -2.05. The molecule has 4 N–H and O–H groups in total. The number of primary amides is 1. The second-order valence-corrected chi connectivity index (χ2v) is 5.66. The normalized spacial score (nSPS) is 10.8. The van der Waals surface area contributed by atoms with Gasteiger partial charge in [0.15, 0.2) is 0 Å². The molecular formula is C15H9Cl2N3O4. The van der Waals surface area contributed by atoms with Crippen molar-refractivity contribution >= 4 is 51.8 Å². The summed E-state index contributed by atoms with van der Waals surface area (Å²) in [5.41, 5.74) is 4.91. The smallest absolute Gasteiger partial charge is 0.316 e. The molecule has 7 nitrogen and oxygen atoms in total. The third kappa shape index (κ3) is 2.86. The van der Waals surface area contributed by atoms with Gasteiger partial charge in [-0.1, -0.05) is 23.2 Å². The van der Waals surface area contributed by atoms with E-state index < -0.39 is 17.4 Å². The molecule has 0 fully saturated rings. The van der Waals surface area contributed by atoms with E-state index in [9.17, 15) is 14.4 Å². The molecular weight excluding hydrogens is 357 g/mol. The number of nitrogens with two attached hydrogens (primary N) is 1. The number of hydrogen-bond acceptors (Lipinski definition) is 4. The van der Waals surface area contributed by atoms with Crippen molar-refractivity contribution in [3.8, 4) is 0 Å². The average Bonchev–Trinajstić information content (AvgIpc) is 2.83. The summed E-state index contributed by atoms with van der Waals surface area (Å²) < 4.78 is 5.42. The number of nitrogens with one attached hydrogen (secondary N) is 2. The molecule has 9 heteroatoms. The number of furan rings is 1. The van der Waals surface area contributed by atoms with Gasteiger partial charge in [-0.15, -0.1) is 0 Å². The molecule has 2 heterocycles. The molecule has 0 bridgehead atoms. The summed E-state index contributed by atoms with van der Waals surface area (Å²) in [4.78, 5) is 37.8. The van der Waals surface area contributed by atoms with Crippen molar-refractivity contribution in [3.05, 3.63) is 62.1 Å². The summed E-state index contributed by atoms with van der Waals surface area (Å²) in [6, 6.07) is 6.07. The largest absolute Gasteiger partial charge is 0.434 e. The number of rotatable bonds is 3. The second-order valence-electron chi connectivity index (χ2n) is 4.81. The number of anilines is 1. The van der Waals surface area contributed by atoms with Crippen LogP contribution in [-0.2, 0) is 0 Å². The van der Waals surface area contributed by atoms with Crippen LogP contribution in [0.15, 0.2) is 39.5 Å². The summed E-state index contributed by atoms with van der Waals surface area (Å²) >= 11 is 11.9. The lowest BCUT2D eigenvalue weighted by Crippen LogP contribution is -2.20. The Balaban J connectivity index is 2.22. The lowest BCUT2D eigenvalue weighted by atomic mass is 10.1. The van der Waals surface area contributed by atoms with Gasteiger partial charge in [-0.2, -0.15) is 0 Å². The highest BCUT2D eigenvalue weighted by Crippen LogP contribution is 2.32. The summed E-state index contributed by atoms with van der Waals surface area (Å²) in [5, 5.41) is 3.13. The van der Waals surface area contributed by atoms with Crippen molar-refractivity contribution in [2.75, 3.05) is 5.32 Å². The number of hydrogen-bond donors (Lipinski definition) is 3. The molecule has 24 heavy (non-hydrogen) atoms. The second kappa shape index (κ2) is 6.03. The van der Waals surface area contributed by atoms with E-state index >= 15 is 0 Å². The van der Waals surface area contributed by atoms with Crippen LogP contribution in [0.25, 0.3) is 11.1 Å². The number of fused-ring (bicyclic) bond motifs is 1. The van der Waals surface area contributed by atoms with Crippen molar-refractivity contribution in [1.29, 1.82) is 0 Å². The zero-order valence-electron chi connectivity index (χ0n) is 11.9. The van der Waals surface area contributed by atoms with Crippen LogP contribution in [0, 0.1) is 0 Å². The van der Waals surface area contributed by atoms with Gasteiger partial charge < -0.3 is 15.5 Å². The van der Waals surface area contributed by atoms with Crippen molar-refractivity contribution in [2.45, 2.75) is 0 Å². The fraction of sp³-hybridized carbons (Fsp3) is 0. The van der Waals surface area contributed by atoms with Crippen LogP contribution in [0.3, 0.4) is 0 Å². The predicted molar refractivity (Wildman–Crippen MR) is 89.9 cm³/mol. The fourth-order valence-corrected chi connectivity index (χ4v) is 2.71. The van der Waals surface area contributed by atoms with Gasteiger partial charge in [0.25, 0.3) is 5.56 Å². The van der Waals surface area contributed by atoms with Crippen molar-refractivity contribution in [1.82, 2.24) is 4.98 Å². The van der Waals surface area contributed by atoms with E-state index in [4.69, 9.17) is 33.4 Å². The Morgan fingerprint density at radius 3 is 2.58 bits per heavy atom. The Hall–Kier alpha value is -2.77. The van der Waals surface area contributed by atoms with E-state index in [0.717, 1.165) is 0 Å². The first-order valence-corrected chi connectivity index (χ1v) is 7.34. The number of H-pyrrole nitrogens is 1. The number of ketones is 1. The number of amides is 2. The number of urea groups is 1. The number of carbonyl (C=O) groups excluding carboxylic acids is 2. The molecule has 0 aliphatic carbocycles. The van der Waals surface area contributed by atoms with Crippen LogP contribution in [0.5, 0.6) is 0 Å². The standard InChI is InChI=1S/C15H9Cl2N3O4/c16-6-1-2-7(9(17)5-6)12(22)13-11(20-15(18)23)8-3-4-10(21)19-14(8)24-13/h1-5H,(H,19,21)(H3,18,20,23). The minimum absolute atomic E-state index is 0.0275. The topological polar surface area (TPSA) is 118 Å². The maximum atomic E-state index is 12.7. The van der Waals surface area contributed by atoms with Crippen LogP contribution < -0.4 is 16.6 Å². The van der Waals surface area contributed by atoms with Gasteiger partial charge in [0, 0.05) is 16.7 Å². The van der Waals surface area contributed by atoms with E-state index in [1.54, 1.807) is 0 Å². The van der Waals surface area contributed by atoms with E-state index in [1.807, 2.05) is 0 Å². The molecule has 0 unspecified atom stereocenters. The predicted octanol–water partition coefficient (Wildman–Crippen LogP) is 3.15. The highest BCUT2D eigenvalue weighted by molar-refractivity contribution is 6.37. The lowest BCUT2D eigenvalue weighted by molar-refractivity contribution is 0.101. The Morgan fingerprint density at radius 2 is 1.92 bits per heavy atom. The Bertz CT molecular complexity index is 1040. The first-order valence-electron chi connectivity index (χ1n) is 6.59. The monoisotopic (exact) mass is 365 g/mol. The fourth-order valence-electron chi connectivity index (χ4n) is 2.21. The minimum atomic E-state index is -0.889. The number of aromatic nitrogens is 1. The molecule has 3 aromatic rings. The molecule has 0 atom stereocenters. The van der Waals surface area contributed by atoms with Gasteiger partial charge in [0.2, 0.25) is 17.3 Å². The molecule has 1 aromatic carbocycles. The molecule has 0 aliphatic heterocycles. The quantitative estimate of drug-likeness (QED) is 0.617. The van der Waals surface area contributed by atoms with Crippen LogP contribution in [0.1, 0.15) is 16.1 Å². The molecule has 0 radical (unpaired) electrons. The van der Waals surface area contributed by atoms with Gasteiger partial charge in [0.1, 0.15) is 5.69 Å². The van der Waals surface area contributed by atoms with E-state index in [2.05, 4.69) is 10.3 Å². The van der Waals surface area contributed by atoms with Crippen LogP contribution >= 0.6 is 23.2 Å². The molecule has 2 amide bonds. The highest BCUT2D eigenvalue weighted by Gasteiger charge is 2.25. The summed E-state index contributed by atoms with van der Waals surface area (Å²) in [7, 11) is 0. The van der Waals surface area contributed by atoms with Gasteiger partial charge >= 0.3 is 6.03 Å². The van der Waals surface area contributed by atoms with Crippen molar-refractivity contribution in [2.24, 2.45) is 5.73 Å². The van der Waals surface area contributed by atoms with Crippen molar-refractivity contribution < 1.29 is 14.0 Å². The van der Waals surface area contributed by atoms with Crippen LogP contribution in [-0.4, -0.2) is 16.8 Å². The number of aromatic amines is 1. The van der Waals surface area contributed by atoms with E-state index in [1.165, 1.54) is 30.3 Å². The first-order chi connectivity index (χ1) is 11.4. The molecule has 0 aliphatic rings. The Kier molecular flexibility index (Phi) is 4.04. The third-order valence-corrected chi connectivity index (χ3v) is 3.76. The number of halogens is 2. The number of benzene rings is 1. The number of carbonyl (C=O) groups is 2. The molecule has 2 aromatic heterocycles. The maximum absolute atomic E-state index is 12.7. The summed E-state index contributed by atoms with van der Waals surface area (Å²) in [5.74, 6) is -0.813.